The first-order chi connectivity index (χ1) is 10.3. The van der Waals surface area contributed by atoms with Crippen LogP contribution in [0.3, 0.4) is 0 Å². The van der Waals surface area contributed by atoms with Gasteiger partial charge in [0.25, 0.3) is 0 Å². The van der Waals surface area contributed by atoms with Crippen molar-refractivity contribution in [2.45, 2.75) is 70.7 Å². The zero-order valence-electron chi connectivity index (χ0n) is 14.1. The molecular weight excluding hydrogens is 280 g/mol. The highest BCUT2D eigenvalue weighted by atomic mass is 16.6. The molecular formula is C16H28N4O2. The van der Waals surface area contributed by atoms with Crippen molar-refractivity contribution in [1.82, 2.24) is 20.2 Å². The molecule has 2 atom stereocenters. The average Bonchev–Trinajstić information content (AvgIpc) is 2.80. The molecule has 1 aromatic heterocycles. The van der Waals surface area contributed by atoms with Gasteiger partial charge in [0.05, 0.1) is 6.54 Å². The quantitative estimate of drug-likeness (QED) is 0.896. The van der Waals surface area contributed by atoms with Crippen LogP contribution in [0.5, 0.6) is 0 Å². The van der Waals surface area contributed by atoms with Gasteiger partial charge in [0.1, 0.15) is 11.4 Å². The Hall–Kier alpha value is -1.56. The molecule has 0 bridgehead atoms. The van der Waals surface area contributed by atoms with Gasteiger partial charge in [-0.3, -0.25) is 0 Å². The number of amides is 1. The van der Waals surface area contributed by atoms with Gasteiger partial charge in [-0.1, -0.05) is 0 Å². The third kappa shape index (κ3) is 5.33. The lowest BCUT2D eigenvalue weighted by atomic mass is 9.91. The Kier molecular flexibility index (Phi) is 5.45. The number of hydrogen-bond donors (Lipinski definition) is 2. The minimum atomic E-state index is -0.450. The fraction of sp³-hybridized carbons (Fsp3) is 0.750. The number of ether oxygens (including phenoxy) is 1. The number of nitrogens with zero attached hydrogens (tertiary/aromatic N) is 2. The molecule has 22 heavy (non-hydrogen) atoms. The van der Waals surface area contributed by atoms with Crippen molar-refractivity contribution in [2.75, 3.05) is 0 Å². The van der Waals surface area contributed by atoms with Crippen molar-refractivity contribution in [1.29, 1.82) is 0 Å². The Morgan fingerprint density at radius 3 is 2.77 bits per heavy atom. The number of imidazole rings is 1. The number of carbonyl (C=O) groups is 1. The second-order valence-electron chi connectivity index (χ2n) is 7.04. The normalized spacial score (nSPS) is 22.4. The van der Waals surface area contributed by atoms with Gasteiger partial charge in [0.15, 0.2) is 0 Å². The highest BCUT2D eigenvalue weighted by molar-refractivity contribution is 5.68. The summed E-state index contributed by atoms with van der Waals surface area (Å²) in [6.45, 7) is 6.40. The summed E-state index contributed by atoms with van der Waals surface area (Å²) in [4.78, 5) is 16.2. The summed E-state index contributed by atoms with van der Waals surface area (Å²) < 4.78 is 7.35. The van der Waals surface area contributed by atoms with Crippen LogP contribution in [0.1, 0.15) is 52.3 Å². The molecule has 1 aliphatic rings. The zero-order valence-corrected chi connectivity index (χ0v) is 14.1. The van der Waals surface area contributed by atoms with Crippen LogP contribution in [0.15, 0.2) is 12.4 Å². The molecule has 2 unspecified atom stereocenters. The number of nitrogens with one attached hydrogen (secondary N) is 2. The number of rotatable bonds is 4. The summed E-state index contributed by atoms with van der Waals surface area (Å²) in [5.74, 6) is 1.03. The maximum Gasteiger partial charge on any atom is 0.407 e. The number of aromatic nitrogens is 2. The van der Waals surface area contributed by atoms with E-state index in [-0.39, 0.29) is 12.1 Å². The van der Waals surface area contributed by atoms with Crippen LogP contribution in [0.4, 0.5) is 4.79 Å². The Labute approximate surface area is 132 Å². The van der Waals surface area contributed by atoms with E-state index in [2.05, 4.69) is 15.6 Å². The van der Waals surface area contributed by atoms with E-state index in [1.165, 1.54) is 0 Å². The van der Waals surface area contributed by atoms with E-state index in [0.29, 0.717) is 6.04 Å². The van der Waals surface area contributed by atoms with E-state index >= 15 is 0 Å². The summed E-state index contributed by atoms with van der Waals surface area (Å²) >= 11 is 0. The second-order valence-corrected chi connectivity index (χ2v) is 7.04. The Morgan fingerprint density at radius 1 is 1.41 bits per heavy atom. The molecule has 0 saturated heterocycles. The van der Waals surface area contributed by atoms with E-state index in [9.17, 15) is 4.79 Å². The molecule has 1 aliphatic carbocycles. The molecule has 2 rings (SSSR count). The Bertz CT molecular complexity index is 493. The highest BCUT2D eigenvalue weighted by Gasteiger charge is 2.25. The largest absolute Gasteiger partial charge is 0.444 e. The van der Waals surface area contributed by atoms with Gasteiger partial charge in [-0.15, -0.1) is 0 Å². The summed E-state index contributed by atoms with van der Waals surface area (Å²) in [6.07, 6.45) is 7.64. The summed E-state index contributed by atoms with van der Waals surface area (Å²) in [5.41, 5.74) is -0.450. The molecule has 1 saturated carbocycles. The predicted molar refractivity (Wildman–Crippen MR) is 85.5 cm³/mol. The third-order valence-electron chi connectivity index (χ3n) is 3.86. The van der Waals surface area contributed by atoms with Crippen LogP contribution < -0.4 is 10.6 Å². The molecule has 0 aromatic carbocycles. The number of carbonyl (C=O) groups excluding carboxylic acids is 1. The molecule has 0 aliphatic heterocycles. The van der Waals surface area contributed by atoms with E-state index in [4.69, 9.17) is 4.74 Å². The SMILES string of the molecule is Cn1ccnc1CNC1CCCC(NC(=O)OC(C)(C)C)C1. The Balaban J connectivity index is 1.77. The van der Waals surface area contributed by atoms with E-state index < -0.39 is 5.60 Å². The minimum Gasteiger partial charge on any atom is -0.444 e. The van der Waals surface area contributed by atoms with Crippen molar-refractivity contribution in [3.8, 4) is 0 Å². The zero-order chi connectivity index (χ0) is 16.2. The van der Waals surface area contributed by atoms with E-state index in [1.807, 2.05) is 44.8 Å². The molecule has 124 valence electrons. The number of aryl methyl sites for hydroxylation is 1. The molecule has 1 amide bonds. The van der Waals surface area contributed by atoms with Crippen molar-refractivity contribution < 1.29 is 9.53 Å². The topological polar surface area (TPSA) is 68.2 Å². The minimum absolute atomic E-state index is 0.183. The van der Waals surface area contributed by atoms with Crippen molar-refractivity contribution >= 4 is 6.09 Å². The molecule has 1 fully saturated rings. The van der Waals surface area contributed by atoms with Crippen LogP contribution in [0.2, 0.25) is 0 Å². The second kappa shape index (κ2) is 7.13. The standard InChI is InChI=1S/C16H28N4O2/c1-16(2,3)22-15(21)19-13-7-5-6-12(10-13)18-11-14-17-8-9-20(14)4/h8-9,12-13,18H,5-7,10-11H2,1-4H3,(H,19,21). The van der Waals surface area contributed by atoms with Gasteiger partial charge >= 0.3 is 6.09 Å². The smallest absolute Gasteiger partial charge is 0.407 e. The monoisotopic (exact) mass is 308 g/mol. The number of alkyl carbamates (subject to hydrolysis) is 1. The fourth-order valence-electron chi connectivity index (χ4n) is 2.78. The van der Waals surface area contributed by atoms with Crippen LogP contribution in [0, 0.1) is 0 Å². The first-order valence-electron chi connectivity index (χ1n) is 8.02. The van der Waals surface area contributed by atoms with Crippen molar-refractivity contribution in [2.24, 2.45) is 7.05 Å². The van der Waals surface area contributed by atoms with Crippen molar-refractivity contribution in [3.63, 3.8) is 0 Å². The third-order valence-corrected chi connectivity index (χ3v) is 3.86. The van der Waals surface area contributed by atoms with Crippen LogP contribution in [-0.4, -0.2) is 33.3 Å². The highest BCUT2D eigenvalue weighted by Crippen LogP contribution is 2.19. The van der Waals surface area contributed by atoms with Crippen LogP contribution in [0.25, 0.3) is 0 Å². The van der Waals surface area contributed by atoms with Gasteiger partial charge in [0, 0.05) is 31.5 Å². The fourth-order valence-corrected chi connectivity index (χ4v) is 2.78. The lowest BCUT2D eigenvalue weighted by molar-refractivity contribution is 0.0488. The van der Waals surface area contributed by atoms with Gasteiger partial charge < -0.3 is 19.9 Å². The molecule has 1 aromatic rings. The van der Waals surface area contributed by atoms with Gasteiger partial charge in [-0.25, -0.2) is 9.78 Å². The van der Waals surface area contributed by atoms with Gasteiger partial charge in [0.2, 0.25) is 0 Å². The first kappa shape index (κ1) is 16.8. The summed E-state index contributed by atoms with van der Waals surface area (Å²) in [7, 11) is 2.00. The molecule has 0 spiro atoms. The summed E-state index contributed by atoms with van der Waals surface area (Å²) in [6, 6.07) is 0.591. The maximum absolute atomic E-state index is 11.9. The van der Waals surface area contributed by atoms with Gasteiger partial charge in [-0.2, -0.15) is 0 Å². The van der Waals surface area contributed by atoms with Crippen LogP contribution in [-0.2, 0) is 18.3 Å². The molecule has 1 heterocycles. The number of hydrogen-bond acceptors (Lipinski definition) is 4. The van der Waals surface area contributed by atoms with E-state index in [1.54, 1.807) is 0 Å². The molecule has 6 nitrogen and oxygen atoms in total. The summed E-state index contributed by atoms with van der Waals surface area (Å²) in [5, 5.41) is 6.53. The molecule has 6 heteroatoms. The molecule has 2 N–H and O–H groups in total. The molecule has 0 radical (unpaired) electrons. The average molecular weight is 308 g/mol. The van der Waals surface area contributed by atoms with E-state index in [0.717, 1.165) is 38.1 Å². The van der Waals surface area contributed by atoms with Crippen molar-refractivity contribution in [3.05, 3.63) is 18.2 Å². The first-order valence-corrected chi connectivity index (χ1v) is 8.02. The lowest BCUT2D eigenvalue weighted by Crippen LogP contribution is -2.45. The maximum atomic E-state index is 11.9. The van der Waals surface area contributed by atoms with Gasteiger partial charge in [-0.05, 0) is 46.5 Å². The Morgan fingerprint density at radius 2 is 2.14 bits per heavy atom. The lowest BCUT2D eigenvalue weighted by Gasteiger charge is -2.31. The van der Waals surface area contributed by atoms with Crippen LogP contribution >= 0.6 is 0 Å². The predicted octanol–water partition coefficient (Wildman–Crippen LogP) is 2.35.